The van der Waals surface area contributed by atoms with Gasteiger partial charge < -0.3 is 5.73 Å². The number of nitrogens with zero attached hydrogens (tertiary/aromatic N) is 1. The van der Waals surface area contributed by atoms with Gasteiger partial charge in [-0.2, -0.15) is 4.31 Å². The lowest BCUT2D eigenvalue weighted by Crippen LogP contribution is -2.50. The zero-order valence-corrected chi connectivity index (χ0v) is 12.8. The molecule has 0 amide bonds. The van der Waals surface area contributed by atoms with E-state index in [9.17, 15) is 8.42 Å². The smallest absolute Gasteiger partial charge is 0.214 e. The SMILES string of the molecule is CC1CCN(S(=O)(=O)CCc2ccccc2)C(CN)C1. The molecule has 2 rings (SSSR count). The van der Waals surface area contributed by atoms with E-state index in [-0.39, 0.29) is 11.8 Å². The first-order valence-corrected chi connectivity index (χ1v) is 8.87. The van der Waals surface area contributed by atoms with Crippen LogP contribution >= 0.6 is 0 Å². The monoisotopic (exact) mass is 296 g/mol. The Hall–Kier alpha value is -0.910. The van der Waals surface area contributed by atoms with Gasteiger partial charge in [0.15, 0.2) is 0 Å². The van der Waals surface area contributed by atoms with Crippen LogP contribution in [0.4, 0.5) is 0 Å². The summed E-state index contributed by atoms with van der Waals surface area (Å²) in [6.07, 6.45) is 2.37. The van der Waals surface area contributed by atoms with Crippen LogP contribution in [-0.2, 0) is 16.4 Å². The fourth-order valence-electron chi connectivity index (χ4n) is 2.82. The molecule has 2 atom stereocenters. The van der Waals surface area contributed by atoms with Crippen molar-refractivity contribution in [1.29, 1.82) is 0 Å². The topological polar surface area (TPSA) is 63.4 Å². The molecule has 0 aliphatic carbocycles. The lowest BCUT2D eigenvalue weighted by Gasteiger charge is -2.36. The zero-order chi connectivity index (χ0) is 14.6. The van der Waals surface area contributed by atoms with Crippen LogP contribution < -0.4 is 5.73 Å². The molecular formula is C15H24N2O2S. The van der Waals surface area contributed by atoms with E-state index in [1.807, 2.05) is 30.3 Å². The van der Waals surface area contributed by atoms with Gasteiger partial charge in [0.2, 0.25) is 10.0 Å². The largest absolute Gasteiger partial charge is 0.329 e. The van der Waals surface area contributed by atoms with Crippen LogP contribution in [0.25, 0.3) is 0 Å². The Bertz CT molecular complexity index is 516. The Kier molecular flexibility index (Phi) is 5.18. The molecule has 1 saturated heterocycles. The summed E-state index contributed by atoms with van der Waals surface area (Å²) in [6, 6.07) is 9.72. The van der Waals surface area contributed by atoms with Gasteiger partial charge in [0.05, 0.1) is 5.75 Å². The van der Waals surface area contributed by atoms with Crippen molar-refractivity contribution in [3.8, 4) is 0 Å². The summed E-state index contributed by atoms with van der Waals surface area (Å²) in [7, 11) is -3.21. The van der Waals surface area contributed by atoms with Crippen LogP contribution in [0.1, 0.15) is 25.3 Å². The van der Waals surface area contributed by atoms with Crippen molar-refractivity contribution in [3.05, 3.63) is 35.9 Å². The maximum atomic E-state index is 12.5. The fourth-order valence-corrected chi connectivity index (χ4v) is 4.56. The first-order chi connectivity index (χ1) is 9.53. The molecular weight excluding hydrogens is 272 g/mol. The Morgan fingerprint density at radius 2 is 2.00 bits per heavy atom. The molecule has 0 aromatic heterocycles. The minimum Gasteiger partial charge on any atom is -0.329 e. The van der Waals surface area contributed by atoms with Crippen LogP contribution in [0, 0.1) is 5.92 Å². The maximum Gasteiger partial charge on any atom is 0.214 e. The van der Waals surface area contributed by atoms with Crippen molar-refractivity contribution in [1.82, 2.24) is 4.31 Å². The van der Waals surface area contributed by atoms with E-state index in [1.54, 1.807) is 4.31 Å². The normalized spacial score (nSPS) is 24.7. The molecule has 1 aliphatic rings. The van der Waals surface area contributed by atoms with Gasteiger partial charge in [-0.3, -0.25) is 0 Å². The number of hydrogen-bond donors (Lipinski definition) is 1. The highest BCUT2D eigenvalue weighted by Gasteiger charge is 2.33. The number of rotatable bonds is 5. The molecule has 112 valence electrons. The Labute approximate surface area is 122 Å². The van der Waals surface area contributed by atoms with Crippen LogP contribution in [0.3, 0.4) is 0 Å². The molecule has 2 N–H and O–H groups in total. The van der Waals surface area contributed by atoms with Gasteiger partial charge in [0, 0.05) is 19.1 Å². The van der Waals surface area contributed by atoms with Crippen LogP contribution in [0.5, 0.6) is 0 Å². The first-order valence-electron chi connectivity index (χ1n) is 7.26. The van der Waals surface area contributed by atoms with E-state index < -0.39 is 10.0 Å². The molecule has 1 fully saturated rings. The Morgan fingerprint density at radius 1 is 1.30 bits per heavy atom. The van der Waals surface area contributed by atoms with Crippen molar-refractivity contribution in [2.75, 3.05) is 18.8 Å². The van der Waals surface area contributed by atoms with Crippen molar-refractivity contribution in [2.24, 2.45) is 11.7 Å². The second-order valence-corrected chi connectivity index (χ2v) is 7.72. The maximum absolute atomic E-state index is 12.5. The third kappa shape index (κ3) is 3.81. The molecule has 20 heavy (non-hydrogen) atoms. The van der Waals surface area contributed by atoms with Gasteiger partial charge in [-0.15, -0.1) is 0 Å². The summed E-state index contributed by atoms with van der Waals surface area (Å²) in [5.41, 5.74) is 6.81. The minimum absolute atomic E-state index is 0.0282. The summed E-state index contributed by atoms with van der Waals surface area (Å²) >= 11 is 0. The van der Waals surface area contributed by atoms with Crippen molar-refractivity contribution in [2.45, 2.75) is 32.2 Å². The second-order valence-electron chi connectivity index (χ2n) is 5.68. The van der Waals surface area contributed by atoms with Gasteiger partial charge in [-0.25, -0.2) is 8.42 Å². The highest BCUT2D eigenvalue weighted by Crippen LogP contribution is 2.25. The zero-order valence-electron chi connectivity index (χ0n) is 12.0. The number of benzene rings is 1. The Balaban J connectivity index is 2.02. The number of piperidine rings is 1. The van der Waals surface area contributed by atoms with E-state index in [4.69, 9.17) is 5.73 Å². The number of nitrogens with two attached hydrogens (primary N) is 1. The fraction of sp³-hybridized carbons (Fsp3) is 0.600. The third-order valence-electron chi connectivity index (χ3n) is 4.04. The van der Waals surface area contributed by atoms with Gasteiger partial charge in [-0.05, 0) is 30.7 Å². The van der Waals surface area contributed by atoms with Gasteiger partial charge in [0.25, 0.3) is 0 Å². The molecule has 1 aromatic carbocycles. The van der Waals surface area contributed by atoms with E-state index in [0.717, 1.165) is 18.4 Å². The molecule has 1 aromatic rings. The van der Waals surface area contributed by atoms with Crippen molar-refractivity contribution >= 4 is 10.0 Å². The number of aryl methyl sites for hydroxylation is 1. The average molecular weight is 296 g/mol. The van der Waals surface area contributed by atoms with E-state index in [1.165, 1.54) is 0 Å². The van der Waals surface area contributed by atoms with Crippen LogP contribution in [-0.4, -0.2) is 37.6 Å². The Morgan fingerprint density at radius 3 is 2.65 bits per heavy atom. The molecule has 0 radical (unpaired) electrons. The van der Waals surface area contributed by atoms with Crippen LogP contribution in [0.15, 0.2) is 30.3 Å². The van der Waals surface area contributed by atoms with E-state index in [2.05, 4.69) is 6.92 Å². The predicted molar refractivity (Wildman–Crippen MR) is 81.9 cm³/mol. The van der Waals surface area contributed by atoms with Gasteiger partial charge in [-0.1, -0.05) is 37.3 Å². The summed E-state index contributed by atoms with van der Waals surface area (Å²) in [5, 5.41) is 0. The van der Waals surface area contributed by atoms with E-state index in [0.29, 0.717) is 25.4 Å². The molecule has 0 bridgehead atoms. The van der Waals surface area contributed by atoms with Crippen LogP contribution in [0.2, 0.25) is 0 Å². The van der Waals surface area contributed by atoms with Crippen molar-refractivity contribution in [3.63, 3.8) is 0 Å². The molecule has 4 nitrogen and oxygen atoms in total. The molecule has 1 aliphatic heterocycles. The second kappa shape index (κ2) is 6.70. The van der Waals surface area contributed by atoms with Gasteiger partial charge >= 0.3 is 0 Å². The highest BCUT2D eigenvalue weighted by molar-refractivity contribution is 7.89. The summed E-state index contributed by atoms with van der Waals surface area (Å²) in [4.78, 5) is 0. The standard InChI is InChI=1S/C15H24N2O2S/c1-13-7-9-17(15(11-13)12-16)20(18,19)10-8-14-5-3-2-4-6-14/h2-6,13,15H,7-12,16H2,1H3. The number of sulfonamides is 1. The van der Waals surface area contributed by atoms with Gasteiger partial charge in [0.1, 0.15) is 0 Å². The van der Waals surface area contributed by atoms with E-state index >= 15 is 0 Å². The summed E-state index contributed by atoms with van der Waals surface area (Å²) < 4.78 is 26.6. The molecule has 2 unspecified atom stereocenters. The highest BCUT2D eigenvalue weighted by atomic mass is 32.2. The summed E-state index contributed by atoms with van der Waals surface area (Å²) in [5.74, 6) is 0.728. The molecule has 0 saturated carbocycles. The third-order valence-corrected chi connectivity index (χ3v) is 5.96. The lowest BCUT2D eigenvalue weighted by molar-refractivity contribution is 0.211. The minimum atomic E-state index is -3.21. The molecule has 5 heteroatoms. The number of hydrogen-bond acceptors (Lipinski definition) is 3. The summed E-state index contributed by atoms with van der Waals surface area (Å²) in [6.45, 7) is 3.19. The lowest BCUT2D eigenvalue weighted by atomic mass is 9.94. The first kappa shape index (κ1) is 15.5. The predicted octanol–water partition coefficient (Wildman–Crippen LogP) is 1.62. The quantitative estimate of drug-likeness (QED) is 0.898. The average Bonchev–Trinajstić information content (AvgIpc) is 2.46. The molecule has 1 heterocycles. The van der Waals surface area contributed by atoms with Crippen molar-refractivity contribution < 1.29 is 8.42 Å². The molecule has 0 spiro atoms.